The predicted molar refractivity (Wildman–Crippen MR) is 53.0 cm³/mol. The van der Waals surface area contributed by atoms with Gasteiger partial charge in [-0.3, -0.25) is 4.79 Å². The number of ketones is 1. The SMILES string of the molecule is CC(C)C(C#N)C(=O)CC(C)(C)C. The Balaban J connectivity index is 4.35. The van der Waals surface area contributed by atoms with Crippen molar-refractivity contribution in [3.8, 4) is 6.07 Å². The average Bonchev–Trinajstić information content (AvgIpc) is 1.82. The van der Waals surface area contributed by atoms with Crippen molar-refractivity contribution in [2.24, 2.45) is 17.3 Å². The highest BCUT2D eigenvalue weighted by Crippen LogP contribution is 2.23. The molecule has 0 bridgehead atoms. The van der Waals surface area contributed by atoms with Crippen molar-refractivity contribution in [2.75, 3.05) is 0 Å². The van der Waals surface area contributed by atoms with Crippen LogP contribution in [0.3, 0.4) is 0 Å². The molecule has 1 unspecified atom stereocenters. The Hall–Kier alpha value is -0.840. The molecule has 0 aliphatic rings. The second kappa shape index (κ2) is 4.41. The van der Waals surface area contributed by atoms with Gasteiger partial charge in [-0.25, -0.2) is 0 Å². The largest absolute Gasteiger partial charge is 0.298 e. The fraction of sp³-hybridized carbons (Fsp3) is 0.818. The summed E-state index contributed by atoms with van der Waals surface area (Å²) in [5.41, 5.74) is -0.0128. The molecule has 0 aliphatic heterocycles. The molecule has 0 aromatic heterocycles. The van der Waals surface area contributed by atoms with Crippen molar-refractivity contribution < 1.29 is 4.79 Å². The Kier molecular flexibility index (Phi) is 4.13. The van der Waals surface area contributed by atoms with Gasteiger partial charge in [-0.1, -0.05) is 34.6 Å². The number of Topliss-reactive ketones (excluding diaryl/α,β-unsaturated/α-hetero) is 1. The van der Waals surface area contributed by atoms with E-state index in [2.05, 4.69) is 6.07 Å². The number of hydrogen-bond donors (Lipinski definition) is 0. The zero-order valence-corrected chi connectivity index (χ0v) is 9.22. The molecule has 0 aliphatic carbocycles. The quantitative estimate of drug-likeness (QED) is 0.671. The molecule has 2 heteroatoms. The normalized spacial score (nSPS) is 13.9. The number of carbonyl (C=O) groups excluding carboxylic acids is 1. The van der Waals surface area contributed by atoms with E-state index in [1.54, 1.807) is 0 Å². The second-order valence-electron chi connectivity index (χ2n) is 5.05. The molecular formula is C11H19NO. The number of rotatable bonds is 3. The topological polar surface area (TPSA) is 40.9 Å². The number of nitrogens with zero attached hydrogens (tertiary/aromatic N) is 1. The number of hydrogen-bond acceptors (Lipinski definition) is 2. The van der Waals surface area contributed by atoms with Gasteiger partial charge in [0, 0.05) is 6.42 Å². The van der Waals surface area contributed by atoms with Crippen LogP contribution in [0, 0.1) is 28.6 Å². The second-order valence-corrected chi connectivity index (χ2v) is 5.05. The van der Waals surface area contributed by atoms with Crippen molar-refractivity contribution >= 4 is 5.78 Å². The molecule has 0 aromatic carbocycles. The van der Waals surface area contributed by atoms with Crippen molar-refractivity contribution in [3.63, 3.8) is 0 Å². The van der Waals surface area contributed by atoms with Gasteiger partial charge in [0.15, 0.2) is 5.78 Å². The average molecular weight is 181 g/mol. The molecule has 0 saturated carbocycles. The fourth-order valence-electron chi connectivity index (χ4n) is 1.23. The highest BCUT2D eigenvalue weighted by Gasteiger charge is 2.25. The Morgan fingerprint density at radius 1 is 1.38 bits per heavy atom. The minimum atomic E-state index is -0.431. The first-order valence-corrected chi connectivity index (χ1v) is 4.70. The molecule has 1 atom stereocenters. The minimum absolute atomic E-state index is 0.0128. The van der Waals surface area contributed by atoms with Gasteiger partial charge < -0.3 is 0 Å². The van der Waals surface area contributed by atoms with Crippen LogP contribution in [0.15, 0.2) is 0 Å². The Bertz CT molecular complexity index is 217. The molecule has 0 saturated heterocycles. The lowest BCUT2D eigenvalue weighted by Crippen LogP contribution is -2.23. The van der Waals surface area contributed by atoms with Crippen LogP contribution in [-0.4, -0.2) is 5.78 Å². The fourth-order valence-corrected chi connectivity index (χ4v) is 1.23. The Labute approximate surface area is 80.9 Å². The van der Waals surface area contributed by atoms with Gasteiger partial charge in [-0.15, -0.1) is 0 Å². The lowest BCUT2D eigenvalue weighted by Gasteiger charge is -2.20. The van der Waals surface area contributed by atoms with Gasteiger partial charge in [0.2, 0.25) is 0 Å². The molecular weight excluding hydrogens is 162 g/mol. The van der Waals surface area contributed by atoms with Crippen LogP contribution in [0.1, 0.15) is 41.0 Å². The summed E-state index contributed by atoms with van der Waals surface area (Å²) in [6, 6.07) is 2.07. The molecule has 0 radical (unpaired) electrons. The molecule has 0 amide bonds. The molecule has 0 aromatic rings. The summed E-state index contributed by atoms with van der Waals surface area (Å²) in [4.78, 5) is 11.6. The molecule has 2 nitrogen and oxygen atoms in total. The van der Waals surface area contributed by atoms with Gasteiger partial charge >= 0.3 is 0 Å². The monoisotopic (exact) mass is 181 g/mol. The van der Waals surface area contributed by atoms with Crippen molar-refractivity contribution in [1.29, 1.82) is 5.26 Å². The molecule has 0 fully saturated rings. The van der Waals surface area contributed by atoms with E-state index in [-0.39, 0.29) is 17.1 Å². The summed E-state index contributed by atoms with van der Waals surface area (Å²) in [6.45, 7) is 9.86. The first kappa shape index (κ1) is 12.2. The third-order valence-corrected chi connectivity index (χ3v) is 1.86. The third kappa shape index (κ3) is 4.67. The van der Waals surface area contributed by atoms with Crippen LogP contribution in [0.25, 0.3) is 0 Å². The minimum Gasteiger partial charge on any atom is -0.298 e. The maximum absolute atomic E-state index is 11.6. The summed E-state index contributed by atoms with van der Waals surface area (Å²) in [6.07, 6.45) is 0.489. The highest BCUT2D eigenvalue weighted by atomic mass is 16.1. The van der Waals surface area contributed by atoms with Crippen LogP contribution in [0.4, 0.5) is 0 Å². The summed E-state index contributed by atoms with van der Waals surface area (Å²) in [5, 5.41) is 8.79. The summed E-state index contributed by atoms with van der Waals surface area (Å²) < 4.78 is 0. The van der Waals surface area contributed by atoms with E-state index < -0.39 is 5.92 Å². The van der Waals surface area contributed by atoms with E-state index in [1.165, 1.54) is 0 Å². The van der Waals surface area contributed by atoms with E-state index in [9.17, 15) is 4.79 Å². The standard InChI is InChI=1S/C11H19NO/c1-8(2)9(7-12)10(13)6-11(3,4)5/h8-9H,6H2,1-5H3. The zero-order valence-electron chi connectivity index (χ0n) is 9.22. The molecule has 0 rings (SSSR count). The van der Waals surface area contributed by atoms with Crippen LogP contribution in [0.5, 0.6) is 0 Å². The maximum Gasteiger partial charge on any atom is 0.150 e. The lowest BCUT2D eigenvalue weighted by atomic mass is 9.82. The van der Waals surface area contributed by atoms with Gasteiger partial charge in [0.25, 0.3) is 0 Å². The van der Waals surface area contributed by atoms with Gasteiger partial charge in [-0.2, -0.15) is 5.26 Å². The summed E-state index contributed by atoms with van der Waals surface area (Å²) >= 11 is 0. The maximum atomic E-state index is 11.6. The van der Waals surface area contributed by atoms with Gasteiger partial charge in [0.1, 0.15) is 5.92 Å². The molecule has 0 spiro atoms. The molecule has 0 N–H and O–H groups in total. The highest BCUT2D eigenvalue weighted by molar-refractivity contribution is 5.84. The van der Waals surface area contributed by atoms with Gasteiger partial charge in [-0.05, 0) is 11.3 Å². The van der Waals surface area contributed by atoms with Crippen LogP contribution >= 0.6 is 0 Å². The van der Waals surface area contributed by atoms with E-state index in [0.29, 0.717) is 6.42 Å². The first-order chi connectivity index (χ1) is 5.78. The van der Waals surface area contributed by atoms with Crippen LogP contribution in [0.2, 0.25) is 0 Å². The first-order valence-electron chi connectivity index (χ1n) is 4.70. The number of nitriles is 1. The van der Waals surface area contributed by atoms with Gasteiger partial charge in [0.05, 0.1) is 6.07 Å². The molecule has 13 heavy (non-hydrogen) atoms. The summed E-state index contributed by atoms with van der Waals surface area (Å²) in [7, 11) is 0. The summed E-state index contributed by atoms with van der Waals surface area (Å²) in [5.74, 6) is -0.232. The van der Waals surface area contributed by atoms with Crippen molar-refractivity contribution in [2.45, 2.75) is 41.0 Å². The smallest absolute Gasteiger partial charge is 0.150 e. The van der Waals surface area contributed by atoms with Crippen LogP contribution < -0.4 is 0 Å². The van der Waals surface area contributed by atoms with E-state index in [1.807, 2.05) is 34.6 Å². The molecule has 0 heterocycles. The zero-order chi connectivity index (χ0) is 10.6. The van der Waals surface area contributed by atoms with E-state index in [0.717, 1.165) is 0 Å². The van der Waals surface area contributed by atoms with Crippen molar-refractivity contribution in [3.05, 3.63) is 0 Å². The predicted octanol–water partition coefficient (Wildman–Crippen LogP) is 2.79. The Morgan fingerprint density at radius 2 is 1.85 bits per heavy atom. The lowest BCUT2D eigenvalue weighted by molar-refractivity contribution is -0.124. The third-order valence-electron chi connectivity index (χ3n) is 1.86. The van der Waals surface area contributed by atoms with Crippen molar-refractivity contribution in [1.82, 2.24) is 0 Å². The Morgan fingerprint density at radius 3 is 2.08 bits per heavy atom. The molecule has 74 valence electrons. The van der Waals surface area contributed by atoms with Crippen LogP contribution in [-0.2, 0) is 4.79 Å². The van der Waals surface area contributed by atoms with E-state index in [4.69, 9.17) is 5.26 Å². The van der Waals surface area contributed by atoms with E-state index >= 15 is 0 Å². The number of carbonyl (C=O) groups is 1.